The lowest BCUT2D eigenvalue weighted by atomic mass is 10.1. The SMILES string of the molecule is CC(C)(COc1ccccc1)OC(=O)c1ccccc1. The van der Waals surface area contributed by atoms with Crippen LogP contribution in [0.1, 0.15) is 24.2 Å². The van der Waals surface area contributed by atoms with Crippen LogP contribution >= 0.6 is 0 Å². The van der Waals surface area contributed by atoms with E-state index in [-0.39, 0.29) is 5.97 Å². The first-order valence-corrected chi connectivity index (χ1v) is 6.53. The van der Waals surface area contributed by atoms with Crippen molar-refractivity contribution in [3.05, 3.63) is 66.2 Å². The molecule has 0 amide bonds. The molecule has 0 radical (unpaired) electrons. The highest BCUT2D eigenvalue weighted by Crippen LogP contribution is 2.16. The van der Waals surface area contributed by atoms with Crippen LogP contribution in [0.15, 0.2) is 60.7 Å². The van der Waals surface area contributed by atoms with E-state index in [9.17, 15) is 4.79 Å². The second kappa shape index (κ2) is 6.24. The van der Waals surface area contributed by atoms with Crippen molar-refractivity contribution in [3.63, 3.8) is 0 Å². The van der Waals surface area contributed by atoms with Crippen LogP contribution in [0.25, 0.3) is 0 Å². The second-order valence-electron chi connectivity index (χ2n) is 5.12. The summed E-state index contributed by atoms with van der Waals surface area (Å²) in [6.45, 7) is 3.96. The summed E-state index contributed by atoms with van der Waals surface area (Å²) in [5.74, 6) is 0.420. The molecule has 0 heterocycles. The summed E-state index contributed by atoms with van der Waals surface area (Å²) in [4.78, 5) is 12.0. The van der Waals surface area contributed by atoms with Gasteiger partial charge in [-0.2, -0.15) is 0 Å². The highest BCUT2D eigenvalue weighted by atomic mass is 16.6. The Labute approximate surface area is 119 Å². The molecule has 0 fully saturated rings. The fourth-order valence-corrected chi connectivity index (χ4v) is 1.69. The molecule has 3 heteroatoms. The van der Waals surface area contributed by atoms with Gasteiger partial charge in [-0.15, -0.1) is 0 Å². The lowest BCUT2D eigenvalue weighted by Gasteiger charge is -2.25. The molecule has 0 N–H and O–H groups in total. The van der Waals surface area contributed by atoms with Crippen LogP contribution in [-0.4, -0.2) is 18.2 Å². The minimum Gasteiger partial charge on any atom is -0.489 e. The Hall–Kier alpha value is -2.29. The molecule has 0 aliphatic heterocycles. The Kier molecular flexibility index (Phi) is 4.41. The van der Waals surface area contributed by atoms with Gasteiger partial charge in [0.05, 0.1) is 5.56 Å². The number of carbonyl (C=O) groups excluding carboxylic acids is 1. The molecule has 2 rings (SSSR count). The van der Waals surface area contributed by atoms with Crippen LogP contribution in [0.2, 0.25) is 0 Å². The molecule has 0 atom stereocenters. The van der Waals surface area contributed by atoms with E-state index in [0.29, 0.717) is 12.2 Å². The molecule has 2 aromatic rings. The summed E-state index contributed by atoms with van der Waals surface area (Å²) in [7, 11) is 0. The fourth-order valence-electron chi connectivity index (χ4n) is 1.69. The van der Waals surface area contributed by atoms with Gasteiger partial charge in [0.25, 0.3) is 0 Å². The van der Waals surface area contributed by atoms with Crippen LogP contribution < -0.4 is 4.74 Å². The monoisotopic (exact) mass is 270 g/mol. The molecule has 0 aliphatic carbocycles. The molecule has 0 aliphatic rings. The molecule has 0 saturated heterocycles. The maximum absolute atomic E-state index is 12.0. The third-order valence-electron chi connectivity index (χ3n) is 2.71. The summed E-state index contributed by atoms with van der Waals surface area (Å²) in [6, 6.07) is 18.4. The summed E-state index contributed by atoms with van der Waals surface area (Å²) >= 11 is 0. The average molecular weight is 270 g/mol. The molecule has 0 saturated carbocycles. The molecule has 104 valence electrons. The lowest BCUT2D eigenvalue weighted by molar-refractivity contribution is -0.0212. The minimum atomic E-state index is -0.692. The van der Waals surface area contributed by atoms with Gasteiger partial charge in [-0.3, -0.25) is 0 Å². The van der Waals surface area contributed by atoms with Crippen LogP contribution in [0.4, 0.5) is 0 Å². The first-order chi connectivity index (χ1) is 9.57. The van der Waals surface area contributed by atoms with Gasteiger partial charge < -0.3 is 9.47 Å². The first kappa shape index (κ1) is 14.1. The Balaban J connectivity index is 1.92. The number of benzene rings is 2. The van der Waals surface area contributed by atoms with Crippen LogP contribution in [0.5, 0.6) is 5.75 Å². The maximum atomic E-state index is 12.0. The topological polar surface area (TPSA) is 35.5 Å². The zero-order valence-electron chi connectivity index (χ0n) is 11.7. The summed E-state index contributed by atoms with van der Waals surface area (Å²) in [5.41, 5.74) is -0.150. The van der Waals surface area contributed by atoms with Crippen molar-refractivity contribution in [2.24, 2.45) is 0 Å². The Morgan fingerprint density at radius 1 is 0.950 bits per heavy atom. The standard InChI is InChI=1S/C17H18O3/c1-17(2,13-19-15-11-7-4-8-12-15)20-16(18)14-9-5-3-6-10-14/h3-12H,13H2,1-2H3. The smallest absolute Gasteiger partial charge is 0.338 e. The zero-order chi connectivity index (χ0) is 14.4. The summed E-state index contributed by atoms with van der Waals surface area (Å²) in [6.07, 6.45) is 0. The van der Waals surface area contributed by atoms with E-state index < -0.39 is 5.60 Å². The van der Waals surface area contributed by atoms with Gasteiger partial charge in [0.15, 0.2) is 0 Å². The molecule has 3 nitrogen and oxygen atoms in total. The summed E-state index contributed by atoms with van der Waals surface area (Å²) < 4.78 is 11.1. The number of ether oxygens (including phenoxy) is 2. The molecular weight excluding hydrogens is 252 g/mol. The van der Waals surface area contributed by atoms with Gasteiger partial charge >= 0.3 is 5.97 Å². The normalized spacial score (nSPS) is 10.9. The molecular formula is C17H18O3. The third kappa shape index (κ3) is 4.12. The average Bonchev–Trinajstić information content (AvgIpc) is 2.47. The molecule has 0 bridgehead atoms. The maximum Gasteiger partial charge on any atom is 0.338 e. The van der Waals surface area contributed by atoms with Crippen molar-refractivity contribution in [2.75, 3.05) is 6.61 Å². The predicted molar refractivity (Wildman–Crippen MR) is 77.9 cm³/mol. The number of carbonyl (C=O) groups is 1. The van der Waals surface area contributed by atoms with E-state index >= 15 is 0 Å². The number of hydrogen-bond donors (Lipinski definition) is 0. The largest absolute Gasteiger partial charge is 0.489 e. The van der Waals surface area contributed by atoms with Crippen molar-refractivity contribution in [2.45, 2.75) is 19.4 Å². The number of esters is 1. The Bertz CT molecular complexity index is 547. The molecule has 0 aromatic heterocycles. The van der Waals surface area contributed by atoms with Crippen molar-refractivity contribution in [1.29, 1.82) is 0 Å². The lowest BCUT2D eigenvalue weighted by Crippen LogP contribution is -2.34. The highest BCUT2D eigenvalue weighted by molar-refractivity contribution is 5.89. The quantitative estimate of drug-likeness (QED) is 0.777. The number of para-hydroxylation sites is 1. The van der Waals surface area contributed by atoms with E-state index in [4.69, 9.17) is 9.47 Å². The van der Waals surface area contributed by atoms with Crippen molar-refractivity contribution < 1.29 is 14.3 Å². The van der Waals surface area contributed by atoms with E-state index in [1.807, 2.05) is 62.4 Å². The van der Waals surface area contributed by atoms with Gasteiger partial charge in [0.1, 0.15) is 18.0 Å². The number of hydrogen-bond acceptors (Lipinski definition) is 3. The summed E-state index contributed by atoms with van der Waals surface area (Å²) in [5, 5.41) is 0. The predicted octanol–water partition coefficient (Wildman–Crippen LogP) is 3.70. The van der Waals surface area contributed by atoms with Crippen LogP contribution in [0, 0.1) is 0 Å². The molecule has 20 heavy (non-hydrogen) atoms. The number of rotatable bonds is 5. The Morgan fingerprint density at radius 3 is 2.10 bits per heavy atom. The van der Waals surface area contributed by atoms with Crippen molar-refractivity contribution >= 4 is 5.97 Å². The molecule has 2 aromatic carbocycles. The van der Waals surface area contributed by atoms with Crippen LogP contribution in [-0.2, 0) is 4.74 Å². The Morgan fingerprint density at radius 2 is 1.50 bits per heavy atom. The van der Waals surface area contributed by atoms with Gasteiger partial charge in [0.2, 0.25) is 0 Å². The van der Waals surface area contributed by atoms with Gasteiger partial charge in [0, 0.05) is 0 Å². The van der Waals surface area contributed by atoms with Crippen LogP contribution in [0.3, 0.4) is 0 Å². The van der Waals surface area contributed by atoms with Crippen molar-refractivity contribution in [3.8, 4) is 5.75 Å². The van der Waals surface area contributed by atoms with E-state index in [2.05, 4.69) is 0 Å². The van der Waals surface area contributed by atoms with Gasteiger partial charge in [-0.1, -0.05) is 36.4 Å². The zero-order valence-corrected chi connectivity index (χ0v) is 11.7. The minimum absolute atomic E-state index is 0.301. The van der Waals surface area contributed by atoms with E-state index in [1.165, 1.54) is 0 Å². The second-order valence-corrected chi connectivity index (χ2v) is 5.12. The van der Waals surface area contributed by atoms with E-state index in [0.717, 1.165) is 5.75 Å². The van der Waals surface area contributed by atoms with E-state index in [1.54, 1.807) is 12.1 Å². The van der Waals surface area contributed by atoms with Gasteiger partial charge in [-0.25, -0.2) is 4.79 Å². The third-order valence-corrected chi connectivity index (χ3v) is 2.71. The molecule has 0 unspecified atom stereocenters. The first-order valence-electron chi connectivity index (χ1n) is 6.53. The molecule has 0 spiro atoms. The fraction of sp³-hybridized carbons (Fsp3) is 0.235. The highest BCUT2D eigenvalue weighted by Gasteiger charge is 2.24. The van der Waals surface area contributed by atoms with Gasteiger partial charge in [-0.05, 0) is 38.1 Å². The van der Waals surface area contributed by atoms with Crippen molar-refractivity contribution in [1.82, 2.24) is 0 Å².